The summed E-state index contributed by atoms with van der Waals surface area (Å²) in [4.78, 5) is 0. The number of fused-ring (bicyclic) bond motifs is 7. The van der Waals surface area contributed by atoms with E-state index in [4.69, 9.17) is 4.42 Å². The molecule has 0 aliphatic heterocycles. The fourth-order valence-corrected chi connectivity index (χ4v) is 4.80. The van der Waals surface area contributed by atoms with Crippen LogP contribution in [0.2, 0.25) is 0 Å². The molecule has 0 N–H and O–H groups in total. The number of hydrogen-bond donors (Lipinski definition) is 0. The van der Waals surface area contributed by atoms with Crippen LogP contribution < -0.4 is 0 Å². The van der Waals surface area contributed by atoms with Crippen LogP contribution >= 0.6 is 27.3 Å². The average molecular weight is 353 g/mol. The van der Waals surface area contributed by atoms with Crippen molar-refractivity contribution in [3.63, 3.8) is 0 Å². The van der Waals surface area contributed by atoms with Crippen molar-refractivity contribution in [2.24, 2.45) is 0 Å². The summed E-state index contributed by atoms with van der Waals surface area (Å²) in [6, 6.07) is 18.9. The molecule has 0 unspecified atom stereocenters. The highest BCUT2D eigenvalue weighted by molar-refractivity contribution is 9.10. The summed E-state index contributed by atoms with van der Waals surface area (Å²) in [5, 5.41) is 4.83. The van der Waals surface area contributed by atoms with Gasteiger partial charge in [-0.25, -0.2) is 0 Å². The summed E-state index contributed by atoms with van der Waals surface area (Å²) < 4.78 is 9.86. The second kappa shape index (κ2) is 4.09. The number of rotatable bonds is 0. The van der Waals surface area contributed by atoms with E-state index < -0.39 is 0 Å². The third-order valence-electron chi connectivity index (χ3n) is 3.94. The monoisotopic (exact) mass is 352 g/mol. The van der Waals surface area contributed by atoms with Gasteiger partial charge in [-0.2, -0.15) is 0 Å². The zero-order valence-electron chi connectivity index (χ0n) is 10.9. The fraction of sp³-hybridized carbons (Fsp3) is 0. The van der Waals surface area contributed by atoms with Crippen molar-refractivity contribution >= 4 is 69.4 Å². The predicted octanol–water partition coefficient (Wildman–Crippen LogP) is 6.72. The van der Waals surface area contributed by atoms with E-state index in [1.54, 1.807) is 11.3 Å². The minimum atomic E-state index is 0.946. The van der Waals surface area contributed by atoms with Crippen molar-refractivity contribution in [1.82, 2.24) is 0 Å². The summed E-state index contributed by atoms with van der Waals surface area (Å²) in [7, 11) is 0. The molecule has 0 atom stereocenters. The maximum Gasteiger partial charge on any atom is 0.144 e. The SMILES string of the molecule is Brc1cc2c3ccccc3oc2c2c1sc1ccccc12. The van der Waals surface area contributed by atoms with Gasteiger partial charge >= 0.3 is 0 Å². The van der Waals surface area contributed by atoms with Gasteiger partial charge in [-0.3, -0.25) is 0 Å². The smallest absolute Gasteiger partial charge is 0.144 e. The largest absolute Gasteiger partial charge is 0.455 e. The minimum absolute atomic E-state index is 0.946. The maximum absolute atomic E-state index is 6.17. The van der Waals surface area contributed by atoms with E-state index >= 15 is 0 Å². The molecule has 0 aliphatic carbocycles. The van der Waals surface area contributed by atoms with Crippen LogP contribution in [0.3, 0.4) is 0 Å². The van der Waals surface area contributed by atoms with Crippen molar-refractivity contribution in [3.05, 3.63) is 59.1 Å². The molecule has 0 amide bonds. The normalized spacial score (nSPS) is 12.0. The van der Waals surface area contributed by atoms with Crippen LogP contribution in [0.1, 0.15) is 0 Å². The Hall–Kier alpha value is -1.84. The Balaban J connectivity index is 2.17. The Bertz CT molecular complexity index is 1150. The van der Waals surface area contributed by atoms with Gasteiger partial charge in [0.05, 0.1) is 4.70 Å². The van der Waals surface area contributed by atoms with Crippen LogP contribution in [-0.4, -0.2) is 0 Å². The number of benzene rings is 3. The van der Waals surface area contributed by atoms with Gasteiger partial charge in [-0.05, 0) is 34.1 Å². The summed E-state index contributed by atoms with van der Waals surface area (Å²) in [5.74, 6) is 0. The topological polar surface area (TPSA) is 13.1 Å². The molecule has 3 aromatic carbocycles. The molecule has 5 aromatic rings. The van der Waals surface area contributed by atoms with Gasteiger partial charge in [0.25, 0.3) is 0 Å². The molecule has 1 nitrogen and oxygen atoms in total. The highest BCUT2D eigenvalue weighted by Gasteiger charge is 2.16. The van der Waals surface area contributed by atoms with E-state index in [9.17, 15) is 0 Å². The molecule has 2 aromatic heterocycles. The minimum Gasteiger partial charge on any atom is -0.455 e. The maximum atomic E-state index is 6.17. The van der Waals surface area contributed by atoms with Crippen LogP contribution in [0.15, 0.2) is 63.5 Å². The number of hydrogen-bond acceptors (Lipinski definition) is 2. The molecular weight excluding hydrogens is 344 g/mol. The molecule has 0 aliphatic rings. The molecule has 0 fully saturated rings. The molecule has 5 rings (SSSR count). The van der Waals surface area contributed by atoms with Crippen LogP contribution in [0.5, 0.6) is 0 Å². The molecule has 100 valence electrons. The van der Waals surface area contributed by atoms with E-state index in [0.29, 0.717) is 0 Å². The lowest BCUT2D eigenvalue weighted by atomic mass is 10.1. The van der Waals surface area contributed by atoms with Gasteiger partial charge in [-0.15, -0.1) is 11.3 Å². The van der Waals surface area contributed by atoms with Crippen molar-refractivity contribution in [3.8, 4) is 0 Å². The molecule has 3 heteroatoms. The molecule has 0 spiro atoms. The summed E-state index contributed by atoms with van der Waals surface area (Å²) in [6.45, 7) is 0. The second-order valence-corrected chi connectivity index (χ2v) is 7.04. The molecule has 0 radical (unpaired) electrons. The van der Waals surface area contributed by atoms with Crippen molar-refractivity contribution in [2.45, 2.75) is 0 Å². The van der Waals surface area contributed by atoms with Crippen molar-refractivity contribution in [1.29, 1.82) is 0 Å². The van der Waals surface area contributed by atoms with Crippen molar-refractivity contribution in [2.75, 3.05) is 0 Å². The van der Waals surface area contributed by atoms with Gasteiger partial charge in [0.1, 0.15) is 11.2 Å². The van der Waals surface area contributed by atoms with Crippen LogP contribution in [-0.2, 0) is 0 Å². The first-order chi connectivity index (χ1) is 10.3. The molecule has 2 heterocycles. The van der Waals surface area contributed by atoms with Crippen molar-refractivity contribution < 1.29 is 4.42 Å². The van der Waals surface area contributed by atoms with E-state index in [1.807, 2.05) is 12.1 Å². The first-order valence-corrected chi connectivity index (χ1v) is 8.35. The Labute approximate surface area is 132 Å². The van der Waals surface area contributed by atoms with Gasteiger partial charge in [0, 0.05) is 30.7 Å². The lowest BCUT2D eigenvalue weighted by Crippen LogP contribution is -1.71. The number of furan rings is 1. The van der Waals surface area contributed by atoms with Crippen LogP contribution in [0.4, 0.5) is 0 Å². The van der Waals surface area contributed by atoms with E-state index in [0.717, 1.165) is 15.6 Å². The zero-order valence-corrected chi connectivity index (χ0v) is 13.3. The Morgan fingerprint density at radius 2 is 1.62 bits per heavy atom. The summed E-state index contributed by atoms with van der Waals surface area (Å²) >= 11 is 5.54. The first-order valence-electron chi connectivity index (χ1n) is 6.74. The van der Waals surface area contributed by atoms with Gasteiger partial charge < -0.3 is 4.42 Å². The number of para-hydroxylation sites is 1. The Morgan fingerprint density at radius 3 is 2.52 bits per heavy atom. The lowest BCUT2D eigenvalue weighted by Gasteiger charge is -1.97. The van der Waals surface area contributed by atoms with E-state index in [1.165, 1.54) is 30.9 Å². The quantitative estimate of drug-likeness (QED) is 0.301. The van der Waals surface area contributed by atoms with Crippen LogP contribution in [0.25, 0.3) is 42.1 Å². The van der Waals surface area contributed by atoms with E-state index in [2.05, 4.69) is 58.4 Å². The molecule has 0 saturated carbocycles. The molecule has 0 bridgehead atoms. The highest BCUT2D eigenvalue weighted by Crippen LogP contribution is 2.44. The zero-order chi connectivity index (χ0) is 14.0. The fourth-order valence-electron chi connectivity index (χ4n) is 3.03. The standard InChI is InChI=1S/C18H9BrOS/c19-13-9-12-10-5-1-3-7-14(10)20-17(12)16-11-6-2-4-8-15(11)21-18(13)16/h1-9H. The molecule has 21 heavy (non-hydrogen) atoms. The number of halogens is 1. The highest BCUT2D eigenvalue weighted by atomic mass is 79.9. The summed E-state index contributed by atoms with van der Waals surface area (Å²) in [5.41, 5.74) is 1.94. The third-order valence-corrected chi connectivity index (χ3v) is 6.04. The molecule has 0 saturated heterocycles. The molecular formula is C18H9BrOS. The Morgan fingerprint density at radius 1 is 0.857 bits per heavy atom. The first kappa shape index (κ1) is 11.8. The average Bonchev–Trinajstić information content (AvgIpc) is 3.06. The van der Waals surface area contributed by atoms with E-state index in [-0.39, 0.29) is 0 Å². The third kappa shape index (κ3) is 1.50. The summed E-state index contributed by atoms with van der Waals surface area (Å²) in [6.07, 6.45) is 0. The predicted molar refractivity (Wildman–Crippen MR) is 94.3 cm³/mol. The Kier molecular flexibility index (Phi) is 2.29. The number of thiophene rings is 1. The van der Waals surface area contributed by atoms with Gasteiger partial charge in [0.15, 0.2) is 0 Å². The lowest BCUT2D eigenvalue weighted by molar-refractivity contribution is 0.673. The van der Waals surface area contributed by atoms with Crippen LogP contribution in [0, 0.1) is 0 Å². The van der Waals surface area contributed by atoms with Gasteiger partial charge in [0.2, 0.25) is 0 Å². The second-order valence-electron chi connectivity index (χ2n) is 5.14. The van der Waals surface area contributed by atoms with Gasteiger partial charge in [-0.1, -0.05) is 36.4 Å².